The van der Waals surface area contributed by atoms with Crippen molar-refractivity contribution in [1.82, 2.24) is 14.8 Å². The number of para-hydroxylation sites is 1. The van der Waals surface area contributed by atoms with Crippen molar-refractivity contribution in [3.63, 3.8) is 0 Å². The molecule has 2 aromatic rings. The highest BCUT2D eigenvalue weighted by Gasteiger charge is 2.27. The number of nitrogens with one attached hydrogen (secondary N) is 1. The Balaban J connectivity index is 2.15. The first-order valence-electron chi connectivity index (χ1n) is 7.36. The van der Waals surface area contributed by atoms with E-state index in [1.54, 1.807) is 30.1 Å². The average Bonchev–Trinajstić information content (AvgIpc) is 3.01. The van der Waals surface area contributed by atoms with E-state index in [2.05, 4.69) is 15.4 Å². The molecule has 0 fully saturated rings. The molecular formula is C15H20N4O3S. The van der Waals surface area contributed by atoms with Crippen LogP contribution < -0.4 is 5.32 Å². The molecule has 1 unspecified atom stereocenters. The van der Waals surface area contributed by atoms with Gasteiger partial charge < -0.3 is 5.32 Å². The predicted molar refractivity (Wildman–Crippen MR) is 87.7 cm³/mol. The minimum absolute atomic E-state index is 0.00217. The second-order valence-corrected chi connectivity index (χ2v) is 7.69. The van der Waals surface area contributed by atoms with Gasteiger partial charge in [-0.25, -0.2) is 18.1 Å². The first-order chi connectivity index (χ1) is 10.9. The molecule has 1 aromatic heterocycles. The maximum Gasteiger partial charge on any atom is 0.242 e. The number of anilines is 1. The van der Waals surface area contributed by atoms with Crippen LogP contribution in [0.4, 0.5) is 5.69 Å². The molecule has 124 valence electrons. The summed E-state index contributed by atoms with van der Waals surface area (Å²) in [5.41, 5.74) is 1.40. The van der Waals surface area contributed by atoms with Crippen LogP contribution in [0.25, 0.3) is 0 Å². The first kappa shape index (κ1) is 17.1. The lowest BCUT2D eigenvalue weighted by atomic mass is 10.1. The average molecular weight is 336 g/mol. The van der Waals surface area contributed by atoms with Gasteiger partial charge in [-0.05, 0) is 25.0 Å². The highest BCUT2D eigenvalue weighted by molar-refractivity contribution is 7.92. The first-order valence-corrected chi connectivity index (χ1v) is 9.08. The van der Waals surface area contributed by atoms with E-state index in [4.69, 9.17) is 0 Å². The summed E-state index contributed by atoms with van der Waals surface area (Å²) in [6.45, 7) is 3.63. The topological polar surface area (TPSA) is 94.0 Å². The Kier molecular flexibility index (Phi) is 5.49. The SMILES string of the molecule is CCCS(=O)(=O)C(C)C(=O)Nc1ccccc1Cn1cncn1. The van der Waals surface area contributed by atoms with Crippen LogP contribution in [0.3, 0.4) is 0 Å². The van der Waals surface area contributed by atoms with Gasteiger partial charge in [0, 0.05) is 5.69 Å². The van der Waals surface area contributed by atoms with E-state index in [0.29, 0.717) is 18.7 Å². The standard InChI is InChI=1S/C15H20N4O3S/c1-3-8-23(21,22)12(2)15(20)18-14-7-5-4-6-13(14)9-19-11-16-10-17-19/h4-7,10-12H,3,8-9H2,1-2H3,(H,18,20). The number of nitrogens with zero attached hydrogens (tertiary/aromatic N) is 3. The van der Waals surface area contributed by atoms with Crippen LogP contribution in [-0.4, -0.2) is 40.1 Å². The Morgan fingerprint density at radius 1 is 1.35 bits per heavy atom. The number of hydrogen-bond donors (Lipinski definition) is 1. The fourth-order valence-electron chi connectivity index (χ4n) is 2.13. The number of hydrogen-bond acceptors (Lipinski definition) is 5. The summed E-state index contributed by atoms with van der Waals surface area (Å²) in [6, 6.07) is 7.22. The van der Waals surface area contributed by atoms with Gasteiger partial charge in [-0.1, -0.05) is 25.1 Å². The monoisotopic (exact) mass is 336 g/mol. The Hall–Kier alpha value is -2.22. The fourth-order valence-corrected chi connectivity index (χ4v) is 3.44. The van der Waals surface area contributed by atoms with Crippen LogP contribution in [0.1, 0.15) is 25.8 Å². The van der Waals surface area contributed by atoms with Crippen LogP contribution >= 0.6 is 0 Å². The zero-order valence-electron chi connectivity index (χ0n) is 13.1. The minimum atomic E-state index is -3.43. The zero-order valence-corrected chi connectivity index (χ0v) is 14.0. The molecule has 0 aliphatic rings. The number of carbonyl (C=O) groups is 1. The molecule has 0 spiro atoms. The molecule has 7 nitrogen and oxygen atoms in total. The van der Waals surface area contributed by atoms with Crippen LogP contribution in [0, 0.1) is 0 Å². The van der Waals surface area contributed by atoms with E-state index in [0.717, 1.165) is 5.56 Å². The van der Waals surface area contributed by atoms with E-state index in [-0.39, 0.29) is 5.75 Å². The second kappa shape index (κ2) is 7.36. The number of aromatic nitrogens is 3. The molecule has 1 heterocycles. The molecule has 0 aliphatic carbocycles. The third kappa shape index (κ3) is 4.38. The fraction of sp³-hybridized carbons (Fsp3) is 0.400. The highest BCUT2D eigenvalue weighted by atomic mass is 32.2. The van der Waals surface area contributed by atoms with Crippen LogP contribution in [0.2, 0.25) is 0 Å². The normalized spacial score (nSPS) is 12.8. The van der Waals surface area contributed by atoms with Crippen LogP contribution in [0.5, 0.6) is 0 Å². The van der Waals surface area contributed by atoms with Gasteiger partial charge in [0.1, 0.15) is 17.9 Å². The Morgan fingerprint density at radius 2 is 2.09 bits per heavy atom. The number of rotatable bonds is 7. The van der Waals surface area contributed by atoms with Crippen molar-refractivity contribution in [1.29, 1.82) is 0 Å². The third-order valence-electron chi connectivity index (χ3n) is 3.47. The maximum atomic E-state index is 12.3. The van der Waals surface area contributed by atoms with Gasteiger partial charge in [0.05, 0.1) is 12.3 Å². The molecule has 1 aromatic carbocycles. The Morgan fingerprint density at radius 3 is 2.74 bits per heavy atom. The van der Waals surface area contributed by atoms with Crippen LogP contribution in [0.15, 0.2) is 36.9 Å². The van der Waals surface area contributed by atoms with Crippen molar-refractivity contribution < 1.29 is 13.2 Å². The Bertz CT molecular complexity index is 757. The molecule has 23 heavy (non-hydrogen) atoms. The molecule has 0 saturated heterocycles. The van der Waals surface area contributed by atoms with E-state index >= 15 is 0 Å². The Labute approximate surface area is 135 Å². The van der Waals surface area contributed by atoms with E-state index in [1.807, 2.05) is 12.1 Å². The number of benzene rings is 1. The van der Waals surface area contributed by atoms with Crippen molar-refractivity contribution in [2.45, 2.75) is 32.1 Å². The summed E-state index contributed by atoms with van der Waals surface area (Å²) in [5, 5.41) is 5.65. The number of sulfone groups is 1. The second-order valence-electron chi connectivity index (χ2n) is 5.25. The van der Waals surface area contributed by atoms with E-state index in [9.17, 15) is 13.2 Å². The lowest BCUT2D eigenvalue weighted by Crippen LogP contribution is -2.34. The molecule has 1 N–H and O–H groups in total. The van der Waals surface area contributed by atoms with Gasteiger partial charge in [-0.15, -0.1) is 0 Å². The van der Waals surface area contributed by atoms with Gasteiger partial charge in [-0.3, -0.25) is 4.79 Å². The zero-order chi connectivity index (χ0) is 16.9. The number of carbonyl (C=O) groups excluding carboxylic acids is 1. The lowest BCUT2D eigenvalue weighted by Gasteiger charge is -2.15. The molecule has 2 rings (SSSR count). The van der Waals surface area contributed by atoms with Gasteiger partial charge in [0.15, 0.2) is 9.84 Å². The smallest absolute Gasteiger partial charge is 0.242 e. The van der Waals surface area contributed by atoms with Gasteiger partial charge in [-0.2, -0.15) is 5.10 Å². The molecule has 0 aliphatic heterocycles. The van der Waals surface area contributed by atoms with E-state index in [1.165, 1.54) is 13.3 Å². The van der Waals surface area contributed by atoms with Gasteiger partial charge >= 0.3 is 0 Å². The highest BCUT2D eigenvalue weighted by Crippen LogP contribution is 2.17. The molecule has 0 bridgehead atoms. The van der Waals surface area contributed by atoms with Crippen molar-refractivity contribution in [2.24, 2.45) is 0 Å². The lowest BCUT2D eigenvalue weighted by molar-refractivity contribution is -0.115. The summed E-state index contributed by atoms with van der Waals surface area (Å²) in [5.74, 6) is -0.521. The van der Waals surface area contributed by atoms with Crippen molar-refractivity contribution in [3.8, 4) is 0 Å². The molecule has 1 amide bonds. The quantitative estimate of drug-likeness (QED) is 0.826. The summed E-state index contributed by atoms with van der Waals surface area (Å²) in [4.78, 5) is 16.1. The largest absolute Gasteiger partial charge is 0.325 e. The van der Waals surface area contributed by atoms with Gasteiger partial charge in [0.2, 0.25) is 5.91 Å². The molecular weight excluding hydrogens is 316 g/mol. The van der Waals surface area contributed by atoms with Gasteiger partial charge in [0.25, 0.3) is 0 Å². The maximum absolute atomic E-state index is 12.3. The molecule has 0 saturated carbocycles. The molecule has 0 radical (unpaired) electrons. The third-order valence-corrected chi connectivity index (χ3v) is 5.74. The van der Waals surface area contributed by atoms with Crippen molar-refractivity contribution in [3.05, 3.63) is 42.5 Å². The molecule has 1 atom stereocenters. The van der Waals surface area contributed by atoms with Crippen LogP contribution in [-0.2, 0) is 21.2 Å². The minimum Gasteiger partial charge on any atom is -0.325 e. The van der Waals surface area contributed by atoms with Crippen molar-refractivity contribution in [2.75, 3.05) is 11.1 Å². The summed E-state index contributed by atoms with van der Waals surface area (Å²) >= 11 is 0. The summed E-state index contributed by atoms with van der Waals surface area (Å²) in [7, 11) is -3.43. The summed E-state index contributed by atoms with van der Waals surface area (Å²) in [6.07, 6.45) is 3.50. The van der Waals surface area contributed by atoms with E-state index < -0.39 is 21.0 Å². The number of amides is 1. The summed E-state index contributed by atoms with van der Waals surface area (Å²) < 4.78 is 25.7. The van der Waals surface area contributed by atoms with Crippen molar-refractivity contribution >= 4 is 21.4 Å². The predicted octanol–water partition coefficient (Wildman–Crippen LogP) is 1.48. The molecule has 8 heteroatoms.